The van der Waals surface area contributed by atoms with Crippen molar-refractivity contribution in [1.82, 2.24) is 0 Å². The number of nitrogens with zero attached hydrogens (tertiary/aromatic N) is 1. The zero-order valence-corrected chi connectivity index (χ0v) is 17.3. The van der Waals surface area contributed by atoms with Crippen molar-refractivity contribution in [3.63, 3.8) is 0 Å². The summed E-state index contributed by atoms with van der Waals surface area (Å²) in [4.78, 5) is 38.3. The fourth-order valence-electron chi connectivity index (χ4n) is 2.81. The molecular formula is C21H18Cl2N2O4. The third kappa shape index (κ3) is 4.28. The fourth-order valence-corrected chi connectivity index (χ4v) is 3.25. The molecule has 0 aromatic heterocycles. The second-order valence-corrected chi connectivity index (χ2v) is 7.22. The summed E-state index contributed by atoms with van der Waals surface area (Å²) in [6.45, 7) is 4.00. The average Bonchev–Trinajstić information content (AvgIpc) is 2.90. The molecular weight excluding hydrogens is 415 g/mol. The molecule has 1 heterocycles. The van der Waals surface area contributed by atoms with Crippen LogP contribution in [-0.2, 0) is 14.3 Å². The molecule has 0 aliphatic carbocycles. The highest BCUT2D eigenvalue weighted by atomic mass is 35.5. The molecule has 1 aliphatic heterocycles. The zero-order chi connectivity index (χ0) is 21.1. The molecule has 0 saturated carbocycles. The molecule has 29 heavy (non-hydrogen) atoms. The Labute approximate surface area is 178 Å². The highest BCUT2D eigenvalue weighted by molar-refractivity contribution is 6.53. The van der Waals surface area contributed by atoms with Crippen molar-refractivity contribution in [3.05, 3.63) is 69.3 Å². The average molecular weight is 433 g/mol. The second-order valence-electron chi connectivity index (χ2n) is 6.40. The smallest absolute Gasteiger partial charge is 0.338 e. The minimum Gasteiger partial charge on any atom is -0.462 e. The molecule has 0 bridgehead atoms. The van der Waals surface area contributed by atoms with E-state index < -0.39 is 17.8 Å². The van der Waals surface area contributed by atoms with E-state index in [1.54, 1.807) is 49.4 Å². The molecule has 3 rings (SSSR count). The van der Waals surface area contributed by atoms with Crippen molar-refractivity contribution in [2.24, 2.45) is 0 Å². The SMILES string of the molecule is CCCOC(=O)c1ccc(NC2=C(Cl)C(=O)N(c3ccc(Cl)cc3C)C2=O)cc1. The van der Waals surface area contributed by atoms with Gasteiger partial charge in [0, 0.05) is 10.7 Å². The number of esters is 1. The predicted octanol–water partition coefficient (Wildman–Crippen LogP) is 4.65. The monoisotopic (exact) mass is 432 g/mol. The maximum absolute atomic E-state index is 12.9. The fraction of sp³-hybridized carbons (Fsp3) is 0.190. The lowest BCUT2D eigenvalue weighted by Crippen LogP contribution is -2.32. The number of carbonyl (C=O) groups excluding carboxylic acids is 3. The second kappa shape index (κ2) is 8.68. The largest absolute Gasteiger partial charge is 0.462 e. The van der Waals surface area contributed by atoms with Gasteiger partial charge in [-0.25, -0.2) is 9.69 Å². The maximum Gasteiger partial charge on any atom is 0.338 e. The molecule has 150 valence electrons. The van der Waals surface area contributed by atoms with Crippen molar-refractivity contribution in [1.29, 1.82) is 0 Å². The number of aryl methyl sites for hydroxylation is 1. The first-order valence-electron chi connectivity index (χ1n) is 8.92. The lowest BCUT2D eigenvalue weighted by Gasteiger charge is -2.17. The molecule has 0 atom stereocenters. The van der Waals surface area contributed by atoms with Crippen LogP contribution in [0.15, 0.2) is 53.2 Å². The van der Waals surface area contributed by atoms with Crippen LogP contribution in [0.25, 0.3) is 0 Å². The number of imide groups is 1. The van der Waals surface area contributed by atoms with Crippen LogP contribution in [0.5, 0.6) is 0 Å². The minimum absolute atomic E-state index is 0.0349. The van der Waals surface area contributed by atoms with Gasteiger partial charge in [0.25, 0.3) is 11.8 Å². The lowest BCUT2D eigenvalue weighted by molar-refractivity contribution is -0.120. The van der Waals surface area contributed by atoms with E-state index in [-0.39, 0.29) is 10.7 Å². The Morgan fingerprint density at radius 1 is 1.07 bits per heavy atom. The van der Waals surface area contributed by atoms with Gasteiger partial charge >= 0.3 is 5.97 Å². The quantitative estimate of drug-likeness (QED) is 0.530. The van der Waals surface area contributed by atoms with Crippen LogP contribution in [0.2, 0.25) is 5.02 Å². The lowest BCUT2D eigenvalue weighted by atomic mass is 10.2. The molecule has 0 unspecified atom stereocenters. The Bertz CT molecular complexity index is 1020. The van der Waals surface area contributed by atoms with Gasteiger partial charge in [-0.15, -0.1) is 0 Å². The molecule has 0 saturated heterocycles. The van der Waals surface area contributed by atoms with Crippen LogP contribution in [0.1, 0.15) is 29.3 Å². The van der Waals surface area contributed by atoms with Gasteiger partial charge in [0.15, 0.2) is 0 Å². The van der Waals surface area contributed by atoms with Crippen molar-refractivity contribution < 1.29 is 19.1 Å². The van der Waals surface area contributed by atoms with Gasteiger partial charge in [-0.3, -0.25) is 9.59 Å². The van der Waals surface area contributed by atoms with Crippen LogP contribution >= 0.6 is 23.2 Å². The highest BCUT2D eigenvalue weighted by Gasteiger charge is 2.39. The van der Waals surface area contributed by atoms with Crippen LogP contribution in [-0.4, -0.2) is 24.4 Å². The summed E-state index contributed by atoms with van der Waals surface area (Å²) < 4.78 is 5.08. The minimum atomic E-state index is -0.621. The van der Waals surface area contributed by atoms with E-state index in [0.29, 0.717) is 34.1 Å². The van der Waals surface area contributed by atoms with Gasteiger partial charge in [0.2, 0.25) is 0 Å². The van der Waals surface area contributed by atoms with E-state index in [2.05, 4.69) is 5.32 Å². The van der Waals surface area contributed by atoms with Crippen molar-refractivity contribution in [3.8, 4) is 0 Å². The van der Waals surface area contributed by atoms with E-state index >= 15 is 0 Å². The number of hydrogen-bond donors (Lipinski definition) is 1. The van der Waals surface area contributed by atoms with Crippen LogP contribution in [0.4, 0.5) is 11.4 Å². The first kappa shape index (κ1) is 20.9. The summed E-state index contributed by atoms with van der Waals surface area (Å²) >= 11 is 12.1. The standard InChI is InChI=1S/C21H18Cl2N2O4/c1-3-10-29-21(28)13-4-7-15(8-5-13)24-18-17(23)19(26)25(20(18)27)16-9-6-14(22)11-12(16)2/h4-9,11,24H,3,10H2,1-2H3. The molecule has 2 aromatic carbocycles. The van der Waals surface area contributed by atoms with E-state index in [4.69, 9.17) is 27.9 Å². The summed E-state index contributed by atoms with van der Waals surface area (Å²) in [7, 11) is 0. The highest BCUT2D eigenvalue weighted by Crippen LogP contribution is 2.33. The molecule has 1 aliphatic rings. The number of ether oxygens (including phenoxy) is 1. The van der Waals surface area contributed by atoms with Crippen molar-refractivity contribution in [2.45, 2.75) is 20.3 Å². The number of anilines is 2. The number of halogens is 2. The molecule has 0 radical (unpaired) electrons. The van der Waals surface area contributed by atoms with Crippen molar-refractivity contribution >= 4 is 52.4 Å². The summed E-state index contributed by atoms with van der Waals surface area (Å²) in [6, 6.07) is 11.2. The Balaban J connectivity index is 1.80. The van der Waals surface area contributed by atoms with E-state index in [1.165, 1.54) is 0 Å². The van der Waals surface area contributed by atoms with Crippen LogP contribution in [0, 0.1) is 6.92 Å². The Morgan fingerprint density at radius 2 is 1.76 bits per heavy atom. The molecule has 0 fully saturated rings. The topological polar surface area (TPSA) is 75.7 Å². The number of hydrogen-bond acceptors (Lipinski definition) is 5. The van der Waals surface area contributed by atoms with E-state index in [0.717, 1.165) is 11.3 Å². The summed E-state index contributed by atoms with van der Waals surface area (Å²) in [6.07, 6.45) is 0.734. The first-order chi connectivity index (χ1) is 13.8. The normalized spacial score (nSPS) is 13.9. The maximum atomic E-state index is 12.9. The predicted molar refractivity (Wildman–Crippen MR) is 112 cm³/mol. The Morgan fingerprint density at radius 3 is 2.38 bits per heavy atom. The summed E-state index contributed by atoms with van der Waals surface area (Å²) in [5, 5.41) is 3.16. The Kier molecular flexibility index (Phi) is 6.25. The number of rotatable bonds is 6. The van der Waals surface area contributed by atoms with Crippen LogP contribution < -0.4 is 10.2 Å². The third-order valence-electron chi connectivity index (χ3n) is 4.25. The third-order valence-corrected chi connectivity index (χ3v) is 4.84. The van der Waals surface area contributed by atoms with Gasteiger partial charge in [-0.2, -0.15) is 0 Å². The molecule has 2 aromatic rings. The van der Waals surface area contributed by atoms with E-state index in [9.17, 15) is 14.4 Å². The molecule has 2 amide bonds. The number of benzene rings is 2. The molecule has 6 nitrogen and oxygen atoms in total. The van der Waals surface area contributed by atoms with Gasteiger partial charge in [-0.05, 0) is 61.4 Å². The van der Waals surface area contributed by atoms with Crippen LogP contribution in [0.3, 0.4) is 0 Å². The number of carbonyl (C=O) groups is 3. The van der Waals surface area contributed by atoms with Gasteiger partial charge < -0.3 is 10.1 Å². The van der Waals surface area contributed by atoms with Gasteiger partial charge in [0.05, 0.1) is 17.9 Å². The van der Waals surface area contributed by atoms with Gasteiger partial charge in [0.1, 0.15) is 10.7 Å². The van der Waals surface area contributed by atoms with E-state index in [1.807, 2.05) is 6.92 Å². The van der Waals surface area contributed by atoms with Crippen molar-refractivity contribution in [2.75, 3.05) is 16.8 Å². The van der Waals surface area contributed by atoms with Gasteiger partial charge in [-0.1, -0.05) is 30.1 Å². The molecule has 0 spiro atoms. The first-order valence-corrected chi connectivity index (χ1v) is 9.68. The molecule has 8 heteroatoms. The number of nitrogens with one attached hydrogen (secondary N) is 1. The summed E-state index contributed by atoms with van der Waals surface area (Å²) in [5.41, 5.74) is 1.93. The Hall–Kier alpha value is -2.83. The number of amides is 2. The molecule has 1 N–H and O–H groups in total. The zero-order valence-electron chi connectivity index (χ0n) is 15.8. The summed E-state index contributed by atoms with van der Waals surface area (Å²) in [5.74, 6) is -1.62.